The van der Waals surface area contributed by atoms with Gasteiger partial charge in [0.15, 0.2) is 11.4 Å². The maximum absolute atomic E-state index is 12.9. The molecule has 2 N–H and O–H groups in total. The number of hydroxylamine groups is 1. The van der Waals surface area contributed by atoms with Gasteiger partial charge in [-0.2, -0.15) is 13.2 Å². The van der Waals surface area contributed by atoms with Gasteiger partial charge in [-0.3, -0.25) is 5.01 Å². The highest BCUT2D eigenvalue weighted by atomic mass is 35.5. The normalized spacial score (nSPS) is 21.3. The number of phenols is 1. The summed E-state index contributed by atoms with van der Waals surface area (Å²) in [4.78, 5) is 0. The van der Waals surface area contributed by atoms with Crippen molar-refractivity contribution < 1.29 is 18.3 Å². The van der Waals surface area contributed by atoms with Crippen LogP contribution in [0.3, 0.4) is 0 Å². The van der Waals surface area contributed by atoms with Crippen molar-refractivity contribution in [3.63, 3.8) is 0 Å². The molecule has 0 aromatic heterocycles. The number of hydrogen-bond donors (Lipinski definition) is 2. The molecule has 1 unspecified atom stereocenters. The minimum Gasteiger partial charge on any atom is -0.605 e. The van der Waals surface area contributed by atoms with Crippen molar-refractivity contribution in [1.82, 2.24) is 10.3 Å². The van der Waals surface area contributed by atoms with E-state index >= 15 is 0 Å². The van der Waals surface area contributed by atoms with Gasteiger partial charge < -0.3 is 10.3 Å². The van der Waals surface area contributed by atoms with E-state index in [2.05, 4.69) is 5.53 Å². The Balaban J connectivity index is 1.89. The molecule has 0 saturated carbocycles. The molecule has 0 radical (unpaired) electrons. The first-order valence-electron chi connectivity index (χ1n) is 7.00. The third-order valence-corrected chi connectivity index (χ3v) is 3.97. The highest BCUT2D eigenvalue weighted by molar-refractivity contribution is 6.30. The number of aromatic hydroxyl groups is 1. The molecule has 1 fully saturated rings. The summed E-state index contributed by atoms with van der Waals surface area (Å²) in [5.41, 5.74) is 1.98. The zero-order valence-electron chi connectivity index (χ0n) is 12.2. The topological polar surface area (TPSA) is 58.6 Å². The first kappa shape index (κ1) is 16.8. The van der Waals surface area contributed by atoms with Crippen LogP contribution >= 0.6 is 11.6 Å². The van der Waals surface area contributed by atoms with Gasteiger partial charge in [0.25, 0.3) is 0 Å². The zero-order chi connectivity index (χ0) is 17.5. The van der Waals surface area contributed by atoms with Gasteiger partial charge in [-0.1, -0.05) is 23.2 Å². The minimum absolute atomic E-state index is 0.00280. The van der Waals surface area contributed by atoms with Gasteiger partial charge in [-0.15, -0.1) is 0 Å². The van der Waals surface area contributed by atoms with Gasteiger partial charge in [0, 0.05) is 11.1 Å². The number of halogens is 4. The highest BCUT2D eigenvalue weighted by Crippen LogP contribution is 2.36. The average Bonchev–Trinajstić information content (AvgIpc) is 2.92. The van der Waals surface area contributed by atoms with Gasteiger partial charge in [-0.25, -0.2) is 4.76 Å². The molecular formula is C15H13ClF3N3O2. The molecule has 5 nitrogen and oxygen atoms in total. The van der Waals surface area contributed by atoms with Crippen molar-refractivity contribution in [3.05, 3.63) is 58.3 Å². The molecule has 2 aromatic carbocycles. The van der Waals surface area contributed by atoms with Crippen LogP contribution in [0, 0.1) is 5.21 Å². The molecule has 3 rings (SSSR count). The maximum atomic E-state index is 12.9. The van der Waals surface area contributed by atoms with E-state index in [0.29, 0.717) is 0 Å². The molecule has 1 aliphatic heterocycles. The van der Waals surface area contributed by atoms with E-state index in [4.69, 9.17) is 11.6 Å². The van der Waals surface area contributed by atoms with Crippen molar-refractivity contribution >= 4 is 23.0 Å². The molecule has 1 saturated heterocycles. The molecule has 24 heavy (non-hydrogen) atoms. The maximum Gasteiger partial charge on any atom is 0.416 e. The summed E-state index contributed by atoms with van der Waals surface area (Å²) < 4.78 is 37.3. The number of phenolic OH excluding ortho intramolecular Hbond substituents is 1. The van der Waals surface area contributed by atoms with Crippen molar-refractivity contribution in [2.24, 2.45) is 0 Å². The molecule has 0 amide bonds. The lowest BCUT2D eigenvalue weighted by Gasteiger charge is -2.36. The Kier molecular flexibility index (Phi) is 4.08. The Morgan fingerprint density at radius 1 is 1.21 bits per heavy atom. The standard InChI is InChI=1S/C15H13ClF3N3O2/c16-11-4-5-14(23)13(9-11)22(24)7-6-21(20-22)12-3-1-2-10(8-12)15(17,18)19/h1-5,8-9,20,23H,6-7H2. The van der Waals surface area contributed by atoms with E-state index in [9.17, 15) is 23.5 Å². The molecule has 0 spiro atoms. The second-order valence-corrected chi connectivity index (χ2v) is 5.83. The number of hydrazine groups is 1. The van der Waals surface area contributed by atoms with Crippen LogP contribution in [-0.2, 0) is 6.18 Å². The fourth-order valence-electron chi connectivity index (χ4n) is 2.53. The Morgan fingerprint density at radius 3 is 2.67 bits per heavy atom. The smallest absolute Gasteiger partial charge is 0.416 e. The molecule has 9 heteroatoms. The fourth-order valence-corrected chi connectivity index (χ4v) is 2.70. The summed E-state index contributed by atoms with van der Waals surface area (Å²) in [5, 5.41) is 24.4. The van der Waals surface area contributed by atoms with Gasteiger partial charge in [0.1, 0.15) is 6.54 Å². The quantitative estimate of drug-likeness (QED) is 0.632. The third-order valence-electron chi connectivity index (χ3n) is 3.73. The van der Waals surface area contributed by atoms with Crippen LogP contribution in [0.2, 0.25) is 5.02 Å². The van der Waals surface area contributed by atoms with Crippen LogP contribution in [0.4, 0.5) is 24.5 Å². The number of nitrogens with zero attached hydrogens (tertiary/aromatic N) is 2. The first-order chi connectivity index (χ1) is 11.2. The third kappa shape index (κ3) is 3.13. The van der Waals surface area contributed by atoms with Crippen molar-refractivity contribution in [3.8, 4) is 5.75 Å². The Bertz CT molecular complexity index is 772. The monoisotopic (exact) mass is 359 g/mol. The second kappa shape index (κ2) is 5.82. The van der Waals surface area contributed by atoms with Crippen molar-refractivity contribution in [2.45, 2.75) is 6.18 Å². The van der Waals surface area contributed by atoms with Crippen LogP contribution in [0.15, 0.2) is 42.5 Å². The molecule has 0 aliphatic carbocycles. The number of quaternary nitrogens is 1. The molecule has 0 bridgehead atoms. The Hall–Kier alpha value is -2.00. The predicted octanol–water partition coefficient (Wildman–Crippen LogP) is 3.81. The van der Waals surface area contributed by atoms with Crippen molar-refractivity contribution in [2.75, 3.05) is 18.1 Å². The summed E-state index contributed by atoms with van der Waals surface area (Å²) in [6.45, 7) is 0.154. The fraction of sp³-hybridized carbons (Fsp3) is 0.200. The van der Waals surface area contributed by atoms with Gasteiger partial charge >= 0.3 is 6.18 Å². The summed E-state index contributed by atoms with van der Waals surface area (Å²) in [6, 6.07) is 8.72. The van der Waals surface area contributed by atoms with Crippen LogP contribution in [0.25, 0.3) is 0 Å². The molecular weight excluding hydrogens is 347 g/mol. The lowest BCUT2D eigenvalue weighted by molar-refractivity contribution is -0.137. The number of rotatable bonds is 2. The number of alkyl halides is 3. The van der Waals surface area contributed by atoms with Crippen LogP contribution in [0.5, 0.6) is 5.75 Å². The minimum atomic E-state index is -4.47. The summed E-state index contributed by atoms with van der Waals surface area (Å²) in [7, 11) is 0. The Morgan fingerprint density at radius 2 is 1.96 bits per heavy atom. The van der Waals surface area contributed by atoms with Crippen molar-refractivity contribution in [1.29, 1.82) is 0 Å². The highest BCUT2D eigenvalue weighted by Gasteiger charge is 2.36. The Labute approximate surface area is 140 Å². The van der Waals surface area contributed by atoms with E-state index < -0.39 is 16.5 Å². The lowest BCUT2D eigenvalue weighted by Crippen LogP contribution is -2.53. The van der Waals surface area contributed by atoms with E-state index in [-0.39, 0.29) is 35.2 Å². The predicted molar refractivity (Wildman–Crippen MR) is 85.1 cm³/mol. The van der Waals surface area contributed by atoms with Gasteiger partial charge in [0.05, 0.1) is 17.8 Å². The molecule has 2 aromatic rings. The lowest BCUT2D eigenvalue weighted by atomic mass is 10.2. The van der Waals surface area contributed by atoms with Gasteiger partial charge in [0.2, 0.25) is 0 Å². The second-order valence-electron chi connectivity index (χ2n) is 5.40. The van der Waals surface area contributed by atoms with E-state index in [0.717, 1.165) is 12.1 Å². The first-order valence-corrected chi connectivity index (χ1v) is 7.38. The van der Waals surface area contributed by atoms with Crippen LogP contribution < -0.4 is 15.3 Å². The number of nitrogens with one attached hydrogen (secondary N) is 1. The van der Waals surface area contributed by atoms with E-state index in [1.807, 2.05) is 0 Å². The summed E-state index contributed by atoms with van der Waals surface area (Å²) >= 11 is 5.86. The molecule has 1 atom stereocenters. The van der Waals surface area contributed by atoms with Gasteiger partial charge in [-0.05, 0) is 30.3 Å². The largest absolute Gasteiger partial charge is 0.605 e. The number of benzene rings is 2. The summed E-state index contributed by atoms with van der Waals surface area (Å²) in [6.07, 6.45) is -4.47. The number of hydrogen-bond acceptors (Lipinski definition) is 4. The molecule has 1 aliphatic rings. The SMILES string of the molecule is [O-][N+]1(c2cc(Cl)ccc2O)CCN(c2cccc(C(F)(F)F)c2)N1. The van der Waals surface area contributed by atoms with Crippen LogP contribution in [0.1, 0.15) is 5.56 Å². The molecule has 1 heterocycles. The van der Waals surface area contributed by atoms with E-state index in [1.165, 1.54) is 35.3 Å². The van der Waals surface area contributed by atoms with E-state index in [1.54, 1.807) is 0 Å². The number of anilines is 1. The summed E-state index contributed by atoms with van der Waals surface area (Å²) in [5.74, 6) is -0.243. The van der Waals surface area contributed by atoms with Crippen LogP contribution in [-0.4, -0.2) is 18.2 Å². The zero-order valence-corrected chi connectivity index (χ0v) is 13.0. The average molecular weight is 360 g/mol. The molecule has 128 valence electrons.